The van der Waals surface area contributed by atoms with Crippen molar-refractivity contribution in [1.82, 2.24) is 4.90 Å². The molecule has 0 atom stereocenters. The summed E-state index contributed by atoms with van der Waals surface area (Å²) in [6, 6.07) is 0.329. The zero-order valence-electron chi connectivity index (χ0n) is 10.2. The predicted molar refractivity (Wildman–Crippen MR) is 66.4 cm³/mol. The normalized spacial score (nSPS) is 10.5. The summed E-state index contributed by atoms with van der Waals surface area (Å²) in [4.78, 5) is 24.3. The van der Waals surface area contributed by atoms with Crippen molar-refractivity contribution in [3.8, 4) is 0 Å². The Bertz CT molecular complexity index is 245. The summed E-state index contributed by atoms with van der Waals surface area (Å²) in [6.45, 7) is 12.3. The third-order valence-electron chi connectivity index (χ3n) is 2.48. The number of allylic oxidation sites excluding steroid dienone is 2. The fraction of sp³-hybridized carbons (Fsp3) is 0.538. The molecule has 16 heavy (non-hydrogen) atoms. The maximum atomic E-state index is 11.1. The van der Waals surface area contributed by atoms with Crippen molar-refractivity contribution in [3.05, 3.63) is 25.3 Å². The molecule has 0 amide bonds. The predicted octanol–water partition coefficient (Wildman–Crippen LogP) is 1.99. The first-order chi connectivity index (χ1) is 7.51. The van der Waals surface area contributed by atoms with E-state index in [-0.39, 0.29) is 11.6 Å². The molecule has 0 aliphatic heterocycles. The van der Waals surface area contributed by atoms with Crippen LogP contribution >= 0.6 is 0 Å². The smallest absolute Gasteiger partial charge is 0.156 e. The molecule has 0 aliphatic carbocycles. The molecule has 0 aliphatic rings. The molecule has 3 nitrogen and oxygen atoms in total. The van der Waals surface area contributed by atoms with Gasteiger partial charge in [0.2, 0.25) is 0 Å². The molecule has 0 N–H and O–H groups in total. The molecule has 0 bridgehead atoms. The molecule has 0 rings (SSSR count). The first-order valence-electron chi connectivity index (χ1n) is 5.55. The monoisotopic (exact) mass is 223 g/mol. The molecule has 0 saturated carbocycles. The highest BCUT2D eigenvalue weighted by molar-refractivity contribution is 5.89. The zero-order valence-corrected chi connectivity index (χ0v) is 10.2. The van der Waals surface area contributed by atoms with Gasteiger partial charge in [-0.05, 0) is 26.0 Å². The topological polar surface area (TPSA) is 37.4 Å². The van der Waals surface area contributed by atoms with E-state index in [0.29, 0.717) is 32.0 Å². The van der Waals surface area contributed by atoms with Crippen LogP contribution in [0.5, 0.6) is 0 Å². The SMILES string of the molecule is C=CC(=O)CCN(CCC(=O)C=C)C(C)C. The number of hydrogen-bond donors (Lipinski definition) is 0. The van der Waals surface area contributed by atoms with Crippen LogP contribution in [0, 0.1) is 0 Å². The summed E-state index contributed by atoms with van der Waals surface area (Å²) >= 11 is 0. The maximum absolute atomic E-state index is 11.1. The maximum Gasteiger partial charge on any atom is 0.156 e. The van der Waals surface area contributed by atoms with Crippen molar-refractivity contribution in [2.24, 2.45) is 0 Å². The molecule has 0 saturated heterocycles. The van der Waals surface area contributed by atoms with Crippen molar-refractivity contribution >= 4 is 11.6 Å². The highest BCUT2D eigenvalue weighted by Crippen LogP contribution is 2.02. The Balaban J connectivity index is 4.07. The van der Waals surface area contributed by atoms with Gasteiger partial charge in [-0.15, -0.1) is 0 Å². The Morgan fingerprint density at radius 2 is 1.44 bits per heavy atom. The lowest BCUT2D eigenvalue weighted by Gasteiger charge is -2.25. The van der Waals surface area contributed by atoms with E-state index in [4.69, 9.17) is 0 Å². The van der Waals surface area contributed by atoms with Gasteiger partial charge >= 0.3 is 0 Å². The van der Waals surface area contributed by atoms with Crippen molar-refractivity contribution in [2.45, 2.75) is 32.7 Å². The van der Waals surface area contributed by atoms with Gasteiger partial charge in [0.05, 0.1) is 0 Å². The van der Waals surface area contributed by atoms with Gasteiger partial charge in [-0.2, -0.15) is 0 Å². The minimum absolute atomic E-state index is 0.0423. The molecular weight excluding hydrogens is 202 g/mol. The summed E-state index contributed by atoms with van der Waals surface area (Å²) in [7, 11) is 0. The molecule has 0 heterocycles. The van der Waals surface area contributed by atoms with E-state index in [2.05, 4.69) is 31.9 Å². The minimum Gasteiger partial charge on any atom is -0.300 e. The van der Waals surface area contributed by atoms with Gasteiger partial charge in [-0.25, -0.2) is 0 Å². The molecule has 0 aromatic rings. The number of rotatable bonds is 9. The standard InChI is InChI=1S/C13H21NO2/c1-5-12(15)7-9-14(11(3)4)10-8-13(16)6-2/h5-6,11H,1-2,7-10H2,3-4H3. The number of nitrogens with zero attached hydrogens (tertiary/aromatic N) is 1. The fourth-order valence-corrected chi connectivity index (χ4v) is 1.34. The molecule has 0 unspecified atom stereocenters. The number of ketones is 2. The number of carbonyl (C=O) groups is 2. The van der Waals surface area contributed by atoms with Gasteiger partial charge in [-0.1, -0.05) is 13.2 Å². The highest BCUT2D eigenvalue weighted by Gasteiger charge is 2.11. The molecule has 0 spiro atoms. The van der Waals surface area contributed by atoms with E-state index in [9.17, 15) is 9.59 Å². The second-order valence-corrected chi connectivity index (χ2v) is 3.97. The lowest BCUT2D eigenvalue weighted by molar-refractivity contribution is -0.115. The van der Waals surface area contributed by atoms with Crippen LogP contribution in [0.2, 0.25) is 0 Å². The van der Waals surface area contributed by atoms with Crippen LogP contribution in [0.15, 0.2) is 25.3 Å². The molecule has 0 aromatic heterocycles. The Hall–Kier alpha value is -1.22. The van der Waals surface area contributed by atoms with E-state index < -0.39 is 0 Å². The van der Waals surface area contributed by atoms with Crippen LogP contribution in [-0.4, -0.2) is 35.6 Å². The van der Waals surface area contributed by atoms with Gasteiger partial charge in [0.25, 0.3) is 0 Å². The summed E-state index contributed by atoms with van der Waals surface area (Å²) in [5.41, 5.74) is 0. The average molecular weight is 223 g/mol. The molecule has 3 heteroatoms. The summed E-state index contributed by atoms with van der Waals surface area (Å²) in [6.07, 6.45) is 3.61. The van der Waals surface area contributed by atoms with Crippen molar-refractivity contribution in [1.29, 1.82) is 0 Å². The van der Waals surface area contributed by atoms with Crippen molar-refractivity contribution < 1.29 is 9.59 Å². The van der Waals surface area contributed by atoms with E-state index in [0.717, 1.165) is 0 Å². The average Bonchev–Trinajstić information content (AvgIpc) is 2.27. The van der Waals surface area contributed by atoms with Crippen LogP contribution in [0.4, 0.5) is 0 Å². The largest absolute Gasteiger partial charge is 0.300 e. The quantitative estimate of drug-likeness (QED) is 0.561. The van der Waals surface area contributed by atoms with Crippen LogP contribution in [-0.2, 0) is 9.59 Å². The lowest BCUT2D eigenvalue weighted by Crippen LogP contribution is -2.34. The minimum atomic E-state index is 0.0423. The van der Waals surface area contributed by atoms with Crippen LogP contribution in [0.3, 0.4) is 0 Å². The molecule has 90 valence electrons. The van der Waals surface area contributed by atoms with E-state index in [1.54, 1.807) is 0 Å². The van der Waals surface area contributed by atoms with Crippen molar-refractivity contribution in [3.63, 3.8) is 0 Å². The van der Waals surface area contributed by atoms with E-state index >= 15 is 0 Å². The first-order valence-corrected chi connectivity index (χ1v) is 5.55. The zero-order chi connectivity index (χ0) is 12.6. The fourth-order valence-electron chi connectivity index (χ4n) is 1.34. The van der Waals surface area contributed by atoms with Gasteiger partial charge in [0, 0.05) is 32.0 Å². The molecule has 0 aromatic carbocycles. The van der Waals surface area contributed by atoms with Gasteiger partial charge in [0.15, 0.2) is 11.6 Å². The Morgan fingerprint density at radius 1 is 1.06 bits per heavy atom. The first kappa shape index (κ1) is 14.8. The van der Waals surface area contributed by atoms with Crippen LogP contribution in [0.1, 0.15) is 26.7 Å². The van der Waals surface area contributed by atoms with Gasteiger partial charge in [-0.3, -0.25) is 9.59 Å². The van der Waals surface area contributed by atoms with Crippen LogP contribution < -0.4 is 0 Å². The van der Waals surface area contributed by atoms with Crippen molar-refractivity contribution in [2.75, 3.05) is 13.1 Å². The molecule has 0 fully saturated rings. The number of carbonyl (C=O) groups excluding carboxylic acids is 2. The third kappa shape index (κ3) is 6.30. The third-order valence-corrected chi connectivity index (χ3v) is 2.48. The summed E-state index contributed by atoms with van der Waals surface area (Å²) in [5, 5.41) is 0. The second-order valence-electron chi connectivity index (χ2n) is 3.97. The summed E-state index contributed by atoms with van der Waals surface area (Å²) < 4.78 is 0. The number of hydrogen-bond acceptors (Lipinski definition) is 3. The lowest BCUT2D eigenvalue weighted by atomic mass is 10.2. The van der Waals surface area contributed by atoms with E-state index in [1.807, 2.05) is 0 Å². The Labute approximate surface area is 97.8 Å². The van der Waals surface area contributed by atoms with Crippen LogP contribution in [0.25, 0.3) is 0 Å². The molecular formula is C13H21NO2. The Kier molecular flexibility index (Phi) is 7.38. The molecule has 0 radical (unpaired) electrons. The van der Waals surface area contributed by atoms with Gasteiger partial charge < -0.3 is 4.90 Å². The Morgan fingerprint density at radius 3 is 1.69 bits per heavy atom. The van der Waals surface area contributed by atoms with Gasteiger partial charge in [0.1, 0.15) is 0 Å². The second kappa shape index (κ2) is 7.99. The highest BCUT2D eigenvalue weighted by atomic mass is 16.1. The van der Waals surface area contributed by atoms with E-state index in [1.165, 1.54) is 12.2 Å². The summed E-state index contributed by atoms with van der Waals surface area (Å²) in [5.74, 6) is 0.0846.